The Morgan fingerprint density at radius 3 is 2.47 bits per heavy atom. The van der Waals surface area contributed by atoms with Gasteiger partial charge in [0.25, 0.3) is 0 Å². The SMILES string of the molecule is CCC(Sc1nnc(-c2ccccc2F)n1CC(C)C)C(=O)NCc1ccccc1. The highest BCUT2D eigenvalue weighted by Gasteiger charge is 2.24. The molecule has 3 aromatic rings. The molecule has 0 radical (unpaired) electrons. The normalized spacial score (nSPS) is 12.2. The highest BCUT2D eigenvalue weighted by molar-refractivity contribution is 8.00. The van der Waals surface area contributed by atoms with E-state index in [-0.39, 0.29) is 17.0 Å². The van der Waals surface area contributed by atoms with Crippen LogP contribution in [0.5, 0.6) is 0 Å². The Labute approximate surface area is 181 Å². The predicted molar refractivity (Wildman–Crippen MR) is 118 cm³/mol. The van der Waals surface area contributed by atoms with Gasteiger partial charge in [0.05, 0.1) is 10.8 Å². The fourth-order valence-electron chi connectivity index (χ4n) is 3.10. The van der Waals surface area contributed by atoms with Gasteiger partial charge in [0.15, 0.2) is 11.0 Å². The molecule has 30 heavy (non-hydrogen) atoms. The number of aromatic nitrogens is 3. The van der Waals surface area contributed by atoms with Crippen LogP contribution in [0.1, 0.15) is 32.8 Å². The third-order valence-electron chi connectivity index (χ3n) is 4.60. The number of rotatable bonds is 9. The van der Waals surface area contributed by atoms with Gasteiger partial charge in [0.2, 0.25) is 5.91 Å². The molecule has 0 aliphatic rings. The van der Waals surface area contributed by atoms with Crippen molar-refractivity contribution in [3.05, 3.63) is 66.0 Å². The fourth-order valence-corrected chi connectivity index (χ4v) is 4.08. The summed E-state index contributed by atoms with van der Waals surface area (Å²) in [4.78, 5) is 12.8. The van der Waals surface area contributed by atoms with E-state index in [1.807, 2.05) is 41.8 Å². The van der Waals surface area contributed by atoms with E-state index in [0.29, 0.717) is 42.0 Å². The number of amides is 1. The molecule has 0 bridgehead atoms. The summed E-state index contributed by atoms with van der Waals surface area (Å²) in [6.07, 6.45) is 0.648. The summed E-state index contributed by atoms with van der Waals surface area (Å²) in [5.41, 5.74) is 1.47. The summed E-state index contributed by atoms with van der Waals surface area (Å²) in [6, 6.07) is 16.4. The maximum atomic E-state index is 14.4. The first-order valence-electron chi connectivity index (χ1n) is 10.2. The first-order chi connectivity index (χ1) is 14.5. The molecule has 3 rings (SSSR count). The monoisotopic (exact) mass is 426 g/mol. The molecule has 158 valence electrons. The van der Waals surface area contributed by atoms with Crippen LogP contribution in [-0.2, 0) is 17.9 Å². The number of nitrogens with zero attached hydrogens (tertiary/aromatic N) is 3. The van der Waals surface area contributed by atoms with Gasteiger partial charge in [0, 0.05) is 13.1 Å². The zero-order chi connectivity index (χ0) is 21.5. The number of thioether (sulfide) groups is 1. The zero-order valence-corrected chi connectivity index (χ0v) is 18.3. The van der Waals surface area contributed by atoms with Crippen LogP contribution in [0, 0.1) is 11.7 Å². The summed E-state index contributed by atoms with van der Waals surface area (Å²) in [7, 11) is 0. The van der Waals surface area contributed by atoms with Gasteiger partial charge in [-0.3, -0.25) is 4.79 Å². The van der Waals surface area contributed by atoms with Gasteiger partial charge in [-0.25, -0.2) is 4.39 Å². The van der Waals surface area contributed by atoms with Crippen LogP contribution >= 0.6 is 11.8 Å². The Hall–Kier alpha value is -2.67. The molecule has 5 nitrogen and oxygen atoms in total. The van der Waals surface area contributed by atoms with Crippen molar-refractivity contribution in [3.8, 4) is 11.4 Å². The van der Waals surface area contributed by atoms with E-state index in [9.17, 15) is 9.18 Å². The molecule has 0 fully saturated rings. The van der Waals surface area contributed by atoms with E-state index < -0.39 is 0 Å². The Morgan fingerprint density at radius 2 is 1.80 bits per heavy atom. The van der Waals surface area contributed by atoms with Crippen molar-refractivity contribution >= 4 is 17.7 Å². The van der Waals surface area contributed by atoms with E-state index in [1.165, 1.54) is 17.8 Å². The summed E-state index contributed by atoms with van der Waals surface area (Å²) in [5.74, 6) is 0.429. The molecule has 0 aliphatic heterocycles. The van der Waals surface area contributed by atoms with Crippen LogP contribution in [-0.4, -0.2) is 25.9 Å². The lowest BCUT2D eigenvalue weighted by Gasteiger charge is -2.17. The van der Waals surface area contributed by atoms with Crippen molar-refractivity contribution in [1.82, 2.24) is 20.1 Å². The summed E-state index contributed by atoms with van der Waals surface area (Å²) < 4.78 is 16.3. The Bertz CT molecular complexity index is 974. The Kier molecular flexibility index (Phi) is 7.63. The van der Waals surface area contributed by atoms with Crippen molar-refractivity contribution in [2.24, 2.45) is 5.92 Å². The lowest BCUT2D eigenvalue weighted by Crippen LogP contribution is -2.32. The van der Waals surface area contributed by atoms with E-state index in [2.05, 4.69) is 29.4 Å². The molecule has 1 amide bonds. The molecule has 0 saturated carbocycles. The van der Waals surface area contributed by atoms with Gasteiger partial charge in [-0.2, -0.15) is 0 Å². The molecule has 0 saturated heterocycles. The van der Waals surface area contributed by atoms with Crippen molar-refractivity contribution in [1.29, 1.82) is 0 Å². The Morgan fingerprint density at radius 1 is 1.10 bits per heavy atom. The zero-order valence-electron chi connectivity index (χ0n) is 17.5. The number of carbonyl (C=O) groups excluding carboxylic acids is 1. The summed E-state index contributed by atoms with van der Waals surface area (Å²) in [6.45, 7) is 7.27. The van der Waals surface area contributed by atoms with E-state index in [1.54, 1.807) is 18.2 Å². The van der Waals surface area contributed by atoms with Gasteiger partial charge >= 0.3 is 0 Å². The van der Waals surface area contributed by atoms with Crippen LogP contribution in [0.2, 0.25) is 0 Å². The highest BCUT2D eigenvalue weighted by Crippen LogP contribution is 2.30. The summed E-state index contributed by atoms with van der Waals surface area (Å²) >= 11 is 1.38. The lowest BCUT2D eigenvalue weighted by molar-refractivity contribution is -0.120. The molecule has 0 spiro atoms. The first kappa shape index (κ1) is 22.0. The molecule has 7 heteroatoms. The fraction of sp³-hybridized carbons (Fsp3) is 0.348. The number of hydrogen-bond donors (Lipinski definition) is 1. The van der Waals surface area contributed by atoms with Crippen LogP contribution in [0.3, 0.4) is 0 Å². The van der Waals surface area contributed by atoms with E-state index in [0.717, 1.165) is 5.56 Å². The van der Waals surface area contributed by atoms with Crippen molar-refractivity contribution in [2.45, 2.75) is 50.7 Å². The average molecular weight is 427 g/mol. The number of halogens is 1. The smallest absolute Gasteiger partial charge is 0.233 e. The number of nitrogens with one attached hydrogen (secondary N) is 1. The molecule has 1 atom stereocenters. The topological polar surface area (TPSA) is 59.8 Å². The van der Waals surface area contributed by atoms with Crippen molar-refractivity contribution < 1.29 is 9.18 Å². The summed E-state index contributed by atoms with van der Waals surface area (Å²) in [5, 5.41) is 11.9. The third kappa shape index (κ3) is 5.48. The van der Waals surface area contributed by atoms with Gasteiger partial charge in [-0.15, -0.1) is 10.2 Å². The largest absolute Gasteiger partial charge is 0.351 e. The standard InChI is InChI=1S/C23H27FN4OS/c1-4-20(22(29)25-14-17-10-6-5-7-11-17)30-23-27-26-21(28(23)15-16(2)3)18-12-8-9-13-19(18)24/h5-13,16,20H,4,14-15H2,1-3H3,(H,25,29). The van der Waals surface area contributed by atoms with Crippen molar-refractivity contribution in [2.75, 3.05) is 0 Å². The minimum absolute atomic E-state index is 0.0436. The third-order valence-corrected chi connectivity index (χ3v) is 5.94. The minimum atomic E-state index is -0.334. The maximum absolute atomic E-state index is 14.4. The predicted octanol–water partition coefficient (Wildman–Crippen LogP) is 4.93. The van der Waals surface area contributed by atoms with E-state index >= 15 is 0 Å². The van der Waals surface area contributed by atoms with Crippen LogP contribution in [0.25, 0.3) is 11.4 Å². The van der Waals surface area contributed by atoms with Crippen LogP contribution in [0.4, 0.5) is 4.39 Å². The van der Waals surface area contributed by atoms with Gasteiger partial charge < -0.3 is 9.88 Å². The Balaban J connectivity index is 1.80. The highest BCUT2D eigenvalue weighted by atomic mass is 32.2. The molecular weight excluding hydrogens is 399 g/mol. The average Bonchev–Trinajstić information content (AvgIpc) is 3.12. The second-order valence-electron chi connectivity index (χ2n) is 7.51. The molecule has 1 unspecified atom stereocenters. The van der Waals surface area contributed by atoms with Gasteiger partial charge in [-0.05, 0) is 30.0 Å². The second kappa shape index (κ2) is 10.4. The van der Waals surface area contributed by atoms with Crippen molar-refractivity contribution in [3.63, 3.8) is 0 Å². The maximum Gasteiger partial charge on any atom is 0.233 e. The number of benzene rings is 2. The molecular formula is C23H27FN4OS. The number of carbonyl (C=O) groups is 1. The lowest BCUT2D eigenvalue weighted by atomic mass is 10.2. The number of hydrogen-bond acceptors (Lipinski definition) is 4. The molecule has 0 aliphatic carbocycles. The second-order valence-corrected chi connectivity index (χ2v) is 8.68. The van der Waals surface area contributed by atoms with Crippen LogP contribution in [0.15, 0.2) is 59.8 Å². The molecule has 2 aromatic carbocycles. The minimum Gasteiger partial charge on any atom is -0.351 e. The molecule has 1 N–H and O–H groups in total. The molecule has 1 aromatic heterocycles. The van der Waals surface area contributed by atoms with Crippen LogP contribution < -0.4 is 5.32 Å². The molecule has 1 heterocycles. The van der Waals surface area contributed by atoms with Gasteiger partial charge in [-0.1, -0.05) is 75.0 Å². The van der Waals surface area contributed by atoms with E-state index in [4.69, 9.17) is 0 Å². The quantitative estimate of drug-likeness (QED) is 0.493. The van der Waals surface area contributed by atoms with Gasteiger partial charge in [0.1, 0.15) is 5.82 Å². The first-order valence-corrected chi connectivity index (χ1v) is 11.0.